The number of hydrogen-bond acceptors (Lipinski definition) is 4. The van der Waals surface area contributed by atoms with Crippen LogP contribution < -0.4 is 5.32 Å². The molecule has 0 aromatic carbocycles. The van der Waals surface area contributed by atoms with Crippen molar-refractivity contribution in [2.45, 2.75) is 122 Å². The highest BCUT2D eigenvalue weighted by Gasteiger charge is 2.00. The van der Waals surface area contributed by atoms with Crippen molar-refractivity contribution >= 4 is 5.91 Å². The summed E-state index contributed by atoms with van der Waals surface area (Å²) in [6.07, 6.45) is 25.9. The van der Waals surface area contributed by atoms with E-state index in [0.717, 1.165) is 45.1 Å². The van der Waals surface area contributed by atoms with Crippen LogP contribution in [0.25, 0.3) is 0 Å². The normalized spacial score (nSPS) is 11.4. The summed E-state index contributed by atoms with van der Waals surface area (Å²) in [7, 11) is 0. The fourth-order valence-corrected chi connectivity index (χ4v) is 3.35. The van der Waals surface area contributed by atoms with Crippen molar-refractivity contribution in [3.63, 3.8) is 0 Å². The Balaban J connectivity index is 3.19. The van der Waals surface area contributed by atoms with Crippen molar-refractivity contribution in [1.29, 1.82) is 0 Å². The first-order chi connectivity index (χ1) is 14.3. The zero-order valence-electron chi connectivity index (χ0n) is 19.0. The van der Waals surface area contributed by atoms with E-state index >= 15 is 0 Å². The quantitative estimate of drug-likeness (QED) is 0.0809. The Hall–Kier alpha value is -0.910. The van der Waals surface area contributed by atoms with E-state index in [1.54, 1.807) is 0 Å². The molecule has 0 aliphatic carbocycles. The van der Waals surface area contributed by atoms with Crippen molar-refractivity contribution in [1.82, 2.24) is 5.32 Å². The molecule has 5 heteroatoms. The highest BCUT2D eigenvalue weighted by Crippen LogP contribution is 2.10. The number of carbonyl (C=O) groups is 1. The van der Waals surface area contributed by atoms with Gasteiger partial charge in [0.2, 0.25) is 5.91 Å². The number of rotatable bonds is 23. The smallest absolute Gasteiger partial charge is 0.219 e. The molecule has 0 aliphatic rings. The molecule has 0 bridgehead atoms. The summed E-state index contributed by atoms with van der Waals surface area (Å²) in [6, 6.07) is 0. The summed E-state index contributed by atoms with van der Waals surface area (Å²) >= 11 is 0. The van der Waals surface area contributed by atoms with Gasteiger partial charge >= 0.3 is 0 Å². The SMILES string of the molecule is CCCCCCCC/C=C\CCCCCCCC(=O)NCCCCCCOOO. The molecule has 0 saturated carbocycles. The van der Waals surface area contributed by atoms with Gasteiger partial charge in [-0.25, -0.2) is 10.1 Å². The third-order valence-electron chi connectivity index (χ3n) is 5.19. The summed E-state index contributed by atoms with van der Waals surface area (Å²) in [5, 5.41) is 14.5. The van der Waals surface area contributed by atoms with Gasteiger partial charge in [0.25, 0.3) is 0 Å². The predicted octanol–water partition coefficient (Wildman–Crippen LogP) is 7.12. The largest absolute Gasteiger partial charge is 0.356 e. The number of carbonyl (C=O) groups excluding carboxylic acids is 1. The van der Waals surface area contributed by atoms with E-state index in [1.807, 2.05) is 0 Å². The third-order valence-corrected chi connectivity index (χ3v) is 5.19. The summed E-state index contributed by atoms with van der Waals surface area (Å²) < 4.78 is 0. The Morgan fingerprint density at radius 1 is 0.759 bits per heavy atom. The number of hydrogen-bond donors (Lipinski definition) is 2. The van der Waals surface area contributed by atoms with Crippen LogP contribution in [0.3, 0.4) is 0 Å². The molecule has 0 heterocycles. The molecule has 0 radical (unpaired) electrons. The van der Waals surface area contributed by atoms with Crippen molar-refractivity contribution < 1.29 is 20.0 Å². The second-order valence-electron chi connectivity index (χ2n) is 7.99. The van der Waals surface area contributed by atoms with Gasteiger partial charge in [-0.1, -0.05) is 88.3 Å². The summed E-state index contributed by atoms with van der Waals surface area (Å²) in [5.41, 5.74) is 0. The lowest BCUT2D eigenvalue weighted by Gasteiger charge is -2.05. The van der Waals surface area contributed by atoms with E-state index in [9.17, 15) is 4.79 Å². The minimum atomic E-state index is 0.180. The second kappa shape index (κ2) is 25.1. The zero-order chi connectivity index (χ0) is 21.3. The first-order valence-corrected chi connectivity index (χ1v) is 12.2. The molecule has 0 saturated heterocycles. The van der Waals surface area contributed by atoms with Crippen molar-refractivity contribution in [2.75, 3.05) is 13.2 Å². The molecule has 0 fully saturated rings. The maximum atomic E-state index is 11.8. The molecule has 29 heavy (non-hydrogen) atoms. The molecule has 0 aromatic heterocycles. The molecule has 1 amide bonds. The van der Waals surface area contributed by atoms with Crippen LogP contribution in [-0.2, 0) is 14.7 Å². The molecule has 0 spiro atoms. The van der Waals surface area contributed by atoms with Gasteiger partial charge in [-0.15, -0.1) is 0 Å². The summed E-state index contributed by atoms with van der Waals surface area (Å²) in [6.45, 7) is 3.42. The summed E-state index contributed by atoms with van der Waals surface area (Å²) in [5.74, 6) is 0.180. The Labute approximate surface area is 179 Å². The molecular weight excluding hydrogens is 366 g/mol. The molecule has 0 aromatic rings. The number of allylic oxidation sites excluding steroid dienone is 2. The molecule has 0 atom stereocenters. The van der Waals surface area contributed by atoms with Gasteiger partial charge in [0.1, 0.15) is 0 Å². The minimum absolute atomic E-state index is 0.180. The van der Waals surface area contributed by atoms with Gasteiger partial charge in [-0.2, -0.15) is 0 Å². The van der Waals surface area contributed by atoms with E-state index in [-0.39, 0.29) is 5.91 Å². The third kappa shape index (κ3) is 25.1. The van der Waals surface area contributed by atoms with E-state index in [0.29, 0.717) is 13.0 Å². The molecule has 2 N–H and O–H groups in total. The molecule has 0 unspecified atom stereocenters. The maximum absolute atomic E-state index is 11.8. The Morgan fingerprint density at radius 2 is 1.31 bits per heavy atom. The lowest BCUT2D eigenvalue weighted by Crippen LogP contribution is -2.23. The van der Waals surface area contributed by atoms with Crippen LogP contribution in [-0.4, -0.2) is 24.3 Å². The fourth-order valence-electron chi connectivity index (χ4n) is 3.35. The zero-order valence-corrected chi connectivity index (χ0v) is 19.0. The standard InChI is InChI=1S/C24H47NO4/c1-2-3-4-5-6-7-8-9-10-11-12-13-14-15-18-21-24(26)25-22-19-16-17-20-23-28-29-27/h9-10,27H,2-8,11-23H2,1H3,(H,25,26)/b10-9-. The van der Waals surface area contributed by atoms with E-state index in [4.69, 9.17) is 5.26 Å². The van der Waals surface area contributed by atoms with Gasteiger partial charge in [0.15, 0.2) is 0 Å². The van der Waals surface area contributed by atoms with Crippen LogP contribution in [0.2, 0.25) is 0 Å². The first-order valence-electron chi connectivity index (χ1n) is 12.2. The van der Waals surface area contributed by atoms with Gasteiger partial charge in [-0.3, -0.25) is 4.79 Å². The topological polar surface area (TPSA) is 67.8 Å². The molecule has 5 nitrogen and oxygen atoms in total. The maximum Gasteiger partial charge on any atom is 0.219 e. The number of amides is 1. The van der Waals surface area contributed by atoms with E-state index in [2.05, 4.69) is 34.3 Å². The van der Waals surface area contributed by atoms with Crippen molar-refractivity contribution in [2.24, 2.45) is 0 Å². The number of unbranched alkanes of at least 4 members (excludes halogenated alkanes) is 14. The predicted molar refractivity (Wildman–Crippen MR) is 121 cm³/mol. The van der Waals surface area contributed by atoms with Crippen molar-refractivity contribution in [3.05, 3.63) is 12.2 Å². The average Bonchev–Trinajstić information content (AvgIpc) is 2.72. The molecule has 172 valence electrons. The average molecular weight is 414 g/mol. The van der Waals surface area contributed by atoms with Gasteiger partial charge in [-0.05, 0) is 44.9 Å². The Kier molecular flexibility index (Phi) is 24.3. The van der Waals surface area contributed by atoms with Crippen molar-refractivity contribution in [3.8, 4) is 0 Å². The Morgan fingerprint density at radius 3 is 1.97 bits per heavy atom. The highest BCUT2D eigenvalue weighted by atomic mass is 17.5. The fraction of sp³-hybridized carbons (Fsp3) is 0.875. The molecular formula is C24H47NO4. The van der Waals surface area contributed by atoms with Gasteiger partial charge in [0, 0.05) is 13.0 Å². The first kappa shape index (κ1) is 28.1. The van der Waals surface area contributed by atoms with Gasteiger partial charge < -0.3 is 5.32 Å². The number of nitrogens with one attached hydrogen (secondary N) is 1. The van der Waals surface area contributed by atoms with Crippen LogP contribution in [0.15, 0.2) is 12.2 Å². The van der Waals surface area contributed by atoms with Crippen LogP contribution in [0.1, 0.15) is 122 Å². The lowest BCUT2D eigenvalue weighted by molar-refractivity contribution is -0.490. The lowest BCUT2D eigenvalue weighted by atomic mass is 10.1. The van der Waals surface area contributed by atoms with Crippen LogP contribution >= 0.6 is 0 Å². The minimum Gasteiger partial charge on any atom is -0.356 e. The van der Waals surface area contributed by atoms with Crippen LogP contribution in [0.5, 0.6) is 0 Å². The van der Waals surface area contributed by atoms with Gasteiger partial charge in [0.05, 0.1) is 6.61 Å². The summed E-state index contributed by atoms with van der Waals surface area (Å²) in [4.78, 5) is 16.1. The van der Waals surface area contributed by atoms with Crippen LogP contribution in [0, 0.1) is 0 Å². The van der Waals surface area contributed by atoms with Crippen LogP contribution in [0.4, 0.5) is 0 Å². The monoisotopic (exact) mass is 413 g/mol. The Bertz CT molecular complexity index is 361. The van der Waals surface area contributed by atoms with E-state index in [1.165, 1.54) is 70.6 Å². The highest BCUT2D eigenvalue weighted by molar-refractivity contribution is 5.75. The second-order valence-corrected chi connectivity index (χ2v) is 7.99. The molecule has 0 rings (SSSR count). The van der Waals surface area contributed by atoms with E-state index < -0.39 is 0 Å². The molecule has 0 aliphatic heterocycles.